The fraction of sp³-hybridized carbons (Fsp3) is 0.333. The molecule has 1 amide bonds. The Hall–Kier alpha value is -2.07. The fourth-order valence-electron chi connectivity index (χ4n) is 2.96. The van der Waals surface area contributed by atoms with E-state index in [1.54, 1.807) is 30.3 Å². The Bertz CT molecular complexity index is 933. The quantitative estimate of drug-likeness (QED) is 0.680. The standard InChI is InChI=1S/C18H17F3N2O3S2/c19-18(20,21)13-6-7-16(22-10-13)27-11-17(24)23(14-4-2-1-3-5-14)15-8-9-28(25,26)12-15/h1-7,10,15H,8-9,11-12H2. The van der Waals surface area contributed by atoms with E-state index in [-0.39, 0.29) is 28.2 Å². The lowest BCUT2D eigenvalue weighted by Crippen LogP contribution is -2.42. The maximum Gasteiger partial charge on any atom is 0.417 e. The normalized spacial score (nSPS) is 18.8. The first-order valence-electron chi connectivity index (χ1n) is 8.39. The van der Waals surface area contributed by atoms with Crippen LogP contribution in [0.3, 0.4) is 0 Å². The summed E-state index contributed by atoms with van der Waals surface area (Å²) in [5.74, 6) is -0.456. The Morgan fingerprint density at radius 1 is 1.18 bits per heavy atom. The van der Waals surface area contributed by atoms with Crippen molar-refractivity contribution in [2.75, 3.05) is 22.2 Å². The summed E-state index contributed by atoms with van der Waals surface area (Å²) in [4.78, 5) is 18.1. The molecule has 0 saturated carbocycles. The molecule has 1 unspecified atom stereocenters. The zero-order valence-electron chi connectivity index (χ0n) is 14.6. The average molecular weight is 430 g/mol. The van der Waals surface area contributed by atoms with E-state index in [0.29, 0.717) is 12.1 Å². The van der Waals surface area contributed by atoms with Crippen LogP contribution in [0.15, 0.2) is 53.7 Å². The molecule has 2 heterocycles. The maximum atomic E-state index is 12.8. The highest BCUT2D eigenvalue weighted by molar-refractivity contribution is 7.99. The number of carbonyl (C=O) groups is 1. The monoisotopic (exact) mass is 430 g/mol. The van der Waals surface area contributed by atoms with E-state index in [1.165, 1.54) is 11.0 Å². The van der Waals surface area contributed by atoms with Crippen LogP contribution in [0.2, 0.25) is 0 Å². The molecule has 1 aromatic carbocycles. The summed E-state index contributed by atoms with van der Waals surface area (Å²) in [5.41, 5.74) is -0.263. The third kappa shape index (κ3) is 5.05. The molecule has 1 aromatic heterocycles. The van der Waals surface area contributed by atoms with Crippen LogP contribution in [0.1, 0.15) is 12.0 Å². The molecule has 1 fully saturated rings. The molecular weight excluding hydrogens is 413 g/mol. The van der Waals surface area contributed by atoms with Crippen molar-refractivity contribution in [2.24, 2.45) is 0 Å². The summed E-state index contributed by atoms with van der Waals surface area (Å²) in [6.07, 6.45) is -3.39. The number of para-hydroxylation sites is 1. The first-order chi connectivity index (χ1) is 13.2. The van der Waals surface area contributed by atoms with Gasteiger partial charge < -0.3 is 4.90 Å². The van der Waals surface area contributed by atoms with E-state index in [9.17, 15) is 26.4 Å². The van der Waals surface area contributed by atoms with Crippen LogP contribution < -0.4 is 4.90 Å². The number of hydrogen-bond acceptors (Lipinski definition) is 5. The van der Waals surface area contributed by atoms with Crippen molar-refractivity contribution in [3.05, 3.63) is 54.2 Å². The summed E-state index contributed by atoms with van der Waals surface area (Å²) in [6.45, 7) is 0. The Morgan fingerprint density at radius 3 is 2.43 bits per heavy atom. The summed E-state index contributed by atoms with van der Waals surface area (Å²) in [6, 6.07) is 10.4. The average Bonchev–Trinajstić information content (AvgIpc) is 3.00. The summed E-state index contributed by atoms with van der Waals surface area (Å²) in [7, 11) is -3.19. The number of anilines is 1. The van der Waals surface area contributed by atoms with Crippen molar-refractivity contribution < 1.29 is 26.4 Å². The molecule has 10 heteroatoms. The molecule has 1 atom stereocenters. The van der Waals surface area contributed by atoms with Gasteiger partial charge in [-0.05, 0) is 30.7 Å². The maximum absolute atomic E-state index is 12.8. The van der Waals surface area contributed by atoms with Gasteiger partial charge in [-0.2, -0.15) is 13.2 Å². The van der Waals surface area contributed by atoms with Crippen molar-refractivity contribution in [1.29, 1.82) is 0 Å². The number of alkyl halides is 3. The topological polar surface area (TPSA) is 67.3 Å². The van der Waals surface area contributed by atoms with Gasteiger partial charge in [0.15, 0.2) is 9.84 Å². The number of benzene rings is 1. The number of aromatic nitrogens is 1. The molecule has 28 heavy (non-hydrogen) atoms. The number of pyridine rings is 1. The highest BCUT2D eigenvalue weighted by Crippen LogP contribution is 2.30. The largest absolute Gasteiger partial charge is 0.417 e. The molecule has 150 valence electrons. The van der Waals surface area contributed by atoms with Crippen LogP contribution in [0.5, 0.6) is 0 Å². The second kappa shape index (κ2) is 8.12. The zero-order valence-corrected chi connectivity index (χ0v) is 16.2. The van der Waals surface area contributed by atoms with Gasteiger partial charge in [0.25, 0.3) is 0 Å². The van der Waals surface area contributed by atoms with E-state index in [1.807, 2.05) is 0 Å². The van der Waals surface area contributed by atoms with Crippen molar-refractivity contribution >= 4 is 33.2 Å². The van der Waals surface area contributed by atoms with Crippen LogP contribution in [0.4, 0.5) is 18.9 Å². The van der Waals surface area contributed by atoms with E-state index in [0.717, 1.165) is 24.0 Å². The number of amides is 1. The van der Waals surface area contributed by atoms with Crippen molar-refractivity contribution in [3.8, 4) is 0 Å². The molecule has 0 spiro atoms. The van der Waals surface area contributed by atoms with E-state index < -0.39 is 27.6 Å². The third-order valence-electron chi connectivity index (χ3n) is 4.28. The lowest BCUT2D eigenvalue weighted by Gasteiger charge is -2.28. The Morgan fingerprint density at radius 2 is 1.89 bits per heavy atom. The predicted octanol–water partition coefficient (Wildman–Crippen LogP) is 3.41. The molecule has 2 aromatic rings. The van der Waals surface area contributed by atoms with Crippen LogP contribution in [-0.4, -0.2) is 42.6 Å². The molecule has 1 aliphatic heterocycles. The highest BCUT2D eigenvalue weighted by atomic mass is 32.2. The summed E-state index contributed by atoms with van der Waals surface area (Å²) in [5, 5.41) is 0.286. The first-order valence-corrected chi connectivity index (χ1v) is 11.2. The first kappa shape index (κ1) is 20.7. The van der Waals surface area contributed by atoms with Gasteiger partial charge in [-0.25, -0.2) is 13.4 Å². The van der Waals surface area contributed by atoms with Gasteiger partial charge in [0.2, 0.25) is 5.91 Å². The van der Waals surface area contributed by atoms with Gasteiger partial charge in [-0.3, -0.25) is 4.79 Å². The van der Waals surface area contributed by atoms with Gasteiger partial charge in [-0.15, -0.1) is 0 Å². The fourth-order valence-corrected chi connectivity index (χ4v) is 5.37. The molecule has 1 aliphatic rings. The van der Waals surface area contributed by atoms with Crippen LogP contribution in [-0.2, 0) is 20.8 Å². The SMILES string of the molecule is O=C(CSc1ccc(C(F)(F)F)cn1)N(c1ccccc1)C1CCS(=O)(=O)C1. The second-order valence-electron chi connectivity index (χ2n) is 6.33. The van der Waals surface area contributed by atoms with Crippen LogP contribution >= 0.6 is 11.8 Å². The van der Waals surface area contributed by atoms with E-state index >= 15 is 0 Å². The minimum absolute atomic E-state index is 0.0296. The lowest BCUT2D eigenvalue weighted by atomic mass is 10.2. The number of hydrogen-bond donors (Lipinski definition) is 0. The van der Waals surface area contributed by atoms with Gasteiger partial charge in [0, 0.05) is 11.9 Å². The number of rotatable bonds is 5. The predicted molar refractivity (Wildman–Crippen MR) is 101 cm³/mol. The number of thioether (sulfide) groups is 1. The number of halogens is 3. The Labute approximate surface area is 164 Å². The molecule has 0 aliphatic carbocycles. The molecule has 0 N–H and O–H groups in total. The highest BCUT2D eigenvalue weighted by Gasteiger charge is 2.35. The van der Waals surface area contributed by atoms with Crippen LogP contribution in [0, 0.1) is 0 Å². The van der Waals surface area contributed by atoms with E-state index in [2.05, 4.69) is 4.98 Å². The number of nitrogens with zero attached hydrogens (tertiary/aromatic N) is 2. The lowest BCUT2D eigenvalue weighted by molar-refractivity contribution is -0.137. The van der Waals surface area contributed by atoms with Crippen molar-refractivity contribution in [1.82, 2.24) is 4.98 Å². The molecular formula is C18H17F3N2O3S2. The molecule has 1 saturated heterocycles. The Balaban J connectivity index is 1.73. The second-order valence-corrected chi connectivity index (χ2v) is 9.55. The molecule has 3 rings (SSSR count). The third-order valence-corrected chi connectivity index (χ3v) is 6.96. The van der Waals surface area contributed by atoms with Crippen molar-refractivity contribution in [3.63, 3.8) is 0 Å². The van der Waals surface area contributed by atoms with E-state index in [4.69, 9.17) is 0 Å². The molecule has 0 bridgehead atoms. The van der Waals surface area contributed by atoms with Gasteiger partial charge >= 0.3 is 6.18 Å². The van der Waals surface area contributed by atoms with Gasteiger partial charge in [0.05, 0.1) is 33.9 Å². The van der Waals surface area contributed by atoms with Gasteiger partial charge in [-0.1, -0.05) is 30.0 Å². The minimum atomic E-state index is -4.47. The summed E-state index contributed by atoms with van der Waals surface area (Å²) >= 11 is 1.01. The molecule has 5 nitrogen and oxygen atoms in total. The zero-order chi connectivity index (χ0) is 20.4. The van der Waals surface area contributed by atoms with Crippen molar-refractivity contribution in [2.45, 2.75) is 23.7 Å². The number of sulfone groups is 1. The minimum Gasteiger partial charge on any atom is -0.308 e. The Kier molecular flexibility index (Phi) is 5.99. The summed E-state index contributed by atoms with van der Waals surface area (Å²) < 4.78 is 61.5. The van der Waals surface area contributed by atoms with Crippen LogP contribution in [0.25, 0.3) is 0 Å². The molecule has 0 radical (unpaired) electrons. The smallest absolute Gasteiger partial charge is 0.308 e. The number of carbonyl (C=O) groups excluding carboxylic acids is 1. The van der Waals surface area contributed by atoms with Gasteiger partial charge in [0.1, 0.15) is 0 Å².